The monoisotopic (exact) mass is 308 g/mol. The van der Waals surface area contributed by atoms with Gasteiger partial charge >= 0.3 is 0 Å². The Labute approximate surface area is 137 Å². The highest BCUT2D eigenvalue weighted by atomic mass is 16.2. The molecule has 1 saturated heterocycles. The SMILES string of the molecule is CCC1(C)CC2C=CC1N(C(=O)Cc1c[nH]c3ccccc13)C2. The molecule has 120 valence electrons. The summed E-state index contributed by atoms with van der Waals surface area (Å²) in [5.41, 5.74) is 2.44. The van der Waals surface area contributed by atoms with Crippen LogP contribution < -0.4 is 0 Å². The highest BCUT2D eigenvalue weighted by molar-refractivity contribution is 5.89. The third-order valence-electron chi connectivity index (χ3n) is 5.92. The summed E-state index contributed by atoms with van der Waals surface area (Å²) in [6, 6.07) is 8.46. The van der Waals surface area contributed by atoms with Gasteiger partial charge in [0.15, 0.2) is 0 Å². The van der Waals surface area contributed by atoms with Gasteiger partial charge in [0.1, 0.15) is 0 Å². The van der Waals surface area contributed by atoms with E-state index in [2.05, 4.69) is 48.0 Å². The van der Waals surface area contributed by atoms with E-state index in [0.29, 0.717) is 12.3 Å². The minimum atomic E-state index is 0.230. The number of rotatable bonds is 3. The van der Waals surface area contributed by atoms with Crippen molar-refractivity contribution in [1.29, 1.82) is 0 Å². The van der Waals surface area contributed by atoms with E-state index in [1.807, 2.05) is 18.3 Å². The zero-order valence-electron chi connectivity index (χ0n) is 13.9. The molecule has 3 heteroatoms. The summed E-state index contributed by atoms with van der Waals surface area (Å²) in [7, 11) is 0. The molecule has 2 bridgehead atoms. The van der Waals surface area contributed by atoms with Crippen LogP contribution in [0.3, 0.4) is 0 Å². The summed E-state index contributed by atoms with van der Waals surface area (Å²) in [6.07, 6.45) is 9.39. The Hall–Kier alpha value is -2.03. The highest BCUT2D eigenvalue weighted by Crippen LogP contribution is 2.45. The number of amides is 1. The first-order chi connectivity index (χ1) is 11.1. The fourth-order valence-electron chi connectivity index (χ4n) is 4.41. The van der Waals surface area contributed by atoms with Crippen molar-refractivity contribution in [2.24, 2.45) is 11.3 Å². The predicted octanol–water partition coefficient (Wildman–Crippen LogP) is 3.91. The summed E-state index contributed by atoms with van der Waals surface area (Å²) in [4.78, 5) is 18.4. The number of hydrogen-bond acceptors (Lipinski definition) is 1. The van der Waals surface area contributed by atoms with Crippen LogP contribution in [0.25, 0.3) is 10.9 Å². The van der Waals surface area contributed by atoms with Gasteiger partial charge in [-0.3, -0.25) is 4.79 Å². The van der Waals surface area contributed by atoms with E-state index in [9.17, 15) is 4.79 Å². The maximum Gasteiger partial charge on any atom is 0.227 e. The van der Waals surface area contributed by atoms with Gasteiger partial charge in [0.05, 0.1) is 12.5 Å². The van der Waals surface area contributed by atoms with E-state index in [-0.39, 0.29) is 17.4 Å². The minimum absolute atomic E-state index is 0.230. The Kier molecular flexibility index (Phi) is 3.33. The third kappa shape index (κ3) is 2.30. The van der Waals surface area contributed by atoms with Gasteiger partial charge in [-0.1, -0.05) is 44.2 Å². The molecule has 23 heavy (non-hydrogen) atoms. The molecule has 1 aromatic carbocycles. The molecule has 1 amide bonds. The predicted molar refractivity (Wildman–Crippen MR) is 93.1 cm³/mol. The number of fused-ring (bicyclic) bond motifs is 3. The molecular formula is C20H24N2O. The van der Waals surface area contributed by atoms with Gasteiger partial charge in [-0.05, 0) is 35.8 Å². The van der Waals surface area contributed by atoms with Crippen LogP contribution >= 0.6 is 0 Å². The highest BCUT2D eigenvalue weighted by Gasteiger charge is 2.46. The fraction of sp³-hybridized carbons (Fsp3) is 0.450. The van der Waals surface area contributed by atoms with Crippen molar-refractivity contribution in [3.05, 3.63) is 48.2 Å². The van der Waals surface area contributed by atoms with Crippen LogP contribution in [0.1, 0.15) is 32.3 Å². The zero-order chi connectivity index (χ0) is 16.0. The number of para-hydroxylation sites is 1. The molecule has 3 unspecified atom stereocenters. The van der Waals surface area contributed by atoms with Crippen molar-refractivity contribution < 1.29 is 4.79 Å². The first kappa shape index (κ1) is 14.6. The average molecular weight is 308 g/mol. The second-order valence-corrected chi connectivity index (χ2v) is 7.38. The van der Waals surface area contributed by atoms with Gasteiger partial charge in [-0.2, -0.15) is 0 Å². The first-order valence-corrected chi connectivity index (χ1v) is 8.63. The van der Waals surface area contributed by atoms with Gasteiger partial charge in [0.25, 0.3) is 0 Å². The lowest BCUT2D eigenvalue weighted by Gasteiger charge is -2.52. The number of benzene rings is 1. The van der Waals surface area contributed by atoms with E-state index in [1.165, 1.54) is 6.42 Å². The normalized spacial score (nSPS) is 29.4. The van der Waals surface area contributed by atoms with Gasteiger partial charge in [-0.15, -0.1) is 0 Å². The van der Waals surface area contributed by atoms with Crippen LogP contribution in [0.5, 0.6) is 0 Å². The molecular weight excluding hydrogens is 284 g/mol. The van der Waals surface area contributed by atoms with Crippen molar-refractivity contribution in [3.63, 3.8) is 0 Å². The molecule has 2 aromatic rings. The van der Waals surface area contributed by atoms with E-state index < -0.39 is 0 Å². The van der Waals surface area contributed by atoms with Gasteiger partial charge in [0, 0.05) is 23.6 Å². The van der Waals surface area contributed by atoms with Crippen molar-refractivity contribution >= 4 is 16.8 Å². The number of piperidine rings is 1. The summed E-state index contributed by atoms with van der Waals surface area (Å²) in [5.74, 6) is 0.783. The molecule has 0 spiro atoms. The van der Waals surface area contributed by atoms with Crippen LogP contribution in [-0.4, -0.2) is 28.4 Å². The molecule has 3 aliphatic rings. The number of aromatic nitrogens is 1. The summed E-state index contributed by atoms with van der Waals surface area (Å²) >= 11 is 0. The number of carbonyl (C=O) groups excluding carboxylic acids is 1. The Bertz CT molecular complexity index is 775. The average Bonchev–Trinajstić information content (AvgIpc) is 2.98. The van der Waals surface area contributed by atoms with E-state index in [0.717, 1.165) is 29.4 Å². The molecule has 3 nitrogen and oxygen atoms in total. The molecule has 3 heterocycles. The van der Waals surface area contributed by atoms with Crippen LogP contribution in [0.2, 0.25) is 0 Å². The maximum atomic E-state index is 13.0. The van der Waals surface area contributed by atoms with Crippen LogP contribution in [0, 0.1) is 11.3 Å². The lowest BCUT2D eigenvalue weighted by molar-refractivity contribution is -0.138. The van der Waals surface area contributed by atoms with Crippen molar-refractivity contribution in [1.82, 2.24) is 9.88 Å². The summed E-state index contributed by atoms with van der Waals surface area (Å²) < 4.78 is 0. The second-order valence-electron chi connectivity index (χ2n) is 7.38. The standard InChI is InChI=1S/C20H24N2O/c1-3-20(2)11-14-8-9-18(20)22(13-14)19(23)10-15-12-21-17-7-5-4-6-16(15)17/h4-9,12,14,18,21H,3,10-11,13H2,1-2H3. The largest absolute Gasteiger partial charge is 0.361 e. The molecule has 0 saturated carbocycles. The smallest absolute Gasteiger partial charge is 0.227 e. The molecule has 1 N–H and O–H groups in total. The van der Waals surface area contributed by atoms with Gasteiger partial charge in [0.2, 0.25) is 5.91 Å². The number of H-pyrrole nitrogens is 1. The number of nitrogens with zero attached hydrogens (tertiary/aromatic N) is 1. The van der Waals surface area contributed by atoms with Gasteiger partial charge in [-0.25, -0.2) is 0 Å². The number of nitrogens with one attached hydrogen (secondary N) is 1. The van der Waals surface area contributed by atoms with Crippen molar-refractivity contribution in [3.8, 4) is 0 Å². The Morgan fingerprint density at radius 3 is 2.96 bits per heavy atom. The molecule has 1 fully saturated rings. The van der Waals surface area contributed by atoms with E-state index in [4.69, 9.17) is 0 Å². The van der Waals surface area contributed by atoms with E-state index >= 15 is 0 Å². The van der Waals surface area contributed by atoms with E-state index in [1.54, 1.807) is 0 Å². The Morgan fingerprint density at radius 2 is 2.17 bits per heavy atom. The molecule has 5 rings (SSSR count). The number of carbonyl (C=O) groups is 1. The fourth-order valence-corrected chi connectivity index (χ4v) is 4.41. The summed E-state index contributed by atoms with van der Waals surface area (Å²) in [6.45, 7) is 5.47. The zero-order valence-corrected chi connectivity index (χ0v) is 13.9. The van der Waals surface area contributed by atoms with Crippen molar-refractivity contribution in [2.45, 2.75) is 39.2 Å². The van der Waals surface area contributed by atoms with Crippen LogP contribution in [0.15, 0.2) is 42.6 Å². The molecule has 1 aliphatic carbocycles. The van der Waals surface area contributed by atoms with Crippen LogP contribution in [-0.2, 0) is 11.2 Å². The third-order valence-corrected chi connectivity index (χ3v) is 5.92. The van der Waals surface area contributed by atoms with Gasteiger partial charge < -0.3 is 9.88 Å². The minimum Gasteiger partial charge on any atom is -0.361 e. The molecule has 3 atom stereocenters. The quantitative estimate of drug-likeness (QED) is 0.857. The summed E-state index contributed by atoms with van der Waals surface area (Å²) in [5, 5.41) is 1.16. The number of aromatic amines is 1. The number of hydrogen-bond donors (Lipinski definition) is 1. The maximum absolute atomic E-state index is 13.0. The Morgan fingerprint density at radius 1 is 1.35 bits per heavy atom. The molecule has 2 aliphatic heterocycles. The van der Waals surface area contributed by atoms with Crippen molar-refractivity contribution in [2.75, 3.05) is 6.54 Å². The first-order valence-electron chi connectivity index (χ1n) is 8.63. The Balaban J connectivity index is 1.59. The molecule has 0 radical (unpaired) electrons. The lowest BCUT2D eigenvalue weighted by Crippen LogP contribution is -2.57. The second kappa shape index (κ2) is 5.26. The topological polar surface area (TPSA) is 36.1 Å². The molecule has 1 aromatic heterocycles. The van der Waals surface area contributed by atoms with Crippen LogP contribution in [0.4, 0.5) is 0 Å². The lowest BCUT2D eigenvalue weighted by atomic mass is 9.65.